The van der Waals surface area contributed by atoms with E-state index in [4.69, 9.17) is 5.26 Å². The number of thiophene rings is 1. The summed E-state index contributed by atoms with van der Waals surface area (Å²) in [6.45, 7) is 3.71. The number of nitrogens with zero attached hydrogens (tertiary/aromatic N) is 3. The Bertz CT molecular complexity index is 787. The largest absolute Gasteiger partial charge is 0.872 e. The number of hydrogen-bond acceptors (Lipinski definition) is 6. The van der Waals surface area contributed by atoms with Gasteiger partial charge in [-0.3, -0.25) is 10.1 Å². The van der Waals surface area contributed by atoms with E-state index in [9.17, 15) is 15.2 Å². The highest BCUT2D eigenvalue weighted by atomic mass is 32.1. The lowest BCUT2D eigenvalue weighted by atomic mass is 10.2. The normalized spacial score (nSPS) is 10.7. The monoisotopic (exact) mass is 300 g/mol. The number of nitro groups is 1. The topological polar surface area (TPSA) is 102 Å². The van der Waals surface area contributed by atoms with Crippen LogP contribution in [0.3, 0.4) is 0 Å². The predicted molar refractivity (Wildman–Crippen MR) is 78.3 cm³/mol. The minimum absolute atomic E-state index is 0.122. The van der Waals surface area contributed by atoms with Crippen LogP contribution in [0.2, 0.25) is 0 Å². The summed E-state index contributed by atoms with van der Waals surface area (Å²) in [4.78, 5) is 15.2. The van der Waals surface area contributed by atoms with E-state index < -0.39 is 4.92 Å². The van der Waals surface area contributed by atoms with Gasteiger partial charge in [-0.2, -0.15) is 5.26 Å². The number of rotatable bonds is 3. The number of non-ortho nitro benzene ring substituents is 1. The van der Waals surface area contributed by atoms with E-state index in [0.717, 1.165) is 22.6 Å². The highest BCUT2D eigenvalue weighted by molar-refractivity contribution is 7.16. The summed E-state index contributed by atoms with van der Waals surface area (Å²) in [5.41, 5.74) is 1.27. The molecule has 0 bridgehead atoms. The lowest BCUT2D eigenvalue weighted by Crippen LogP contribution is -1.98. The SMILES string of the molecule is Cc1sc(N=Cc2cc([N+](=O)[O-])ccc2[O-])c(C#N)c1C. The lowest BCUT2D eigenvalue weighted by Gasteiger charge is -2.08. The van der Waals surface area contributed by atoms with Crippen molar-refractivity contribution in [2.24, 2.45) is 4.99 Å². The molecule has 0 amide bonds. The van der Waals surface area contributed by atoms with Crippen LogP contribution in [-0.2, 0) is 0 Å². The van der Waals surface area contributed by atoms with Gasteiger partial charge in [0.25, 0.3) is 5.69 Å². The molecular weight excluding hydrogens is 290 g/mol. The van der Waals surface area contributed by atoms with E-state index in [1.165, 1.54) is 23.6 Å². The van der Waals surface area contributed by atoms with Crippen molar-refractivity contribution in [3.63, 3.8) is 0 Å². The fourth-order valence-electron chi connectivity index (χ4n) is 1.71. The maximum Gasteiger partial charge on any atom is 0.270 e. The molecular formula is C14H10N3O3S-. The third-order valence-corrected chi connectivity index (χ3v) is 4.12. The molecule has 0 atom stereocenters. The second-order valence-electron chi connectivity index (χ2n) is 4.31. The number of aliphatic imine (C=N–C) groups is 1. The number of aryl methyl sites for hydroxylation is 1. The molecule has 0 saturated heterocycles. The second kappa shape index (κ2) is 5.73. The molecule has 2 aromatic rings. The molecule has 0 aliphatic carbocycles. The van der Waals surface area contributed by atoms with Crippen LogP contribution in [0.25, 0.3) is 0 Å². The maximum atomic E-state index is 11.7. The molecule has 0 saturated carbocycles. The summed E-state index contributed by atoms with van der Waals surface area (Å²) in [6.07, 6.45) is 1.26. The van der Waals surface area contributed by atoms with Crippen LogP contribution in [0.4, 0.5) is 10.7 Å². The van der Waals surface area contributed by atoms with Gasteiger partial charge in [-0.15, -0.1) is 11.3 Å². The zero-order valence-electron chi connectivity index (χ0n) is 11.3. The van der Waals surface area contributed by atoms with Crippen LogP contribution in [0.1, 0.15) is 21.6 Å². The molecule has 1 heterocycles. The minimum atomic E-state index is -0.572. The van der Waals surface area contributed by atoms with Gasteiger partial charge in [-0.25, -0.2) is 4.99 Å². The van der Waals surface area contributed by atoms with Gasteiger partial charge < -0.3 is 5.11 Å². The highest BCUT2D eigenvalue weighted by Crippen LogP contribution is 2.34. The molecule has 0 aliphatic rings. The van der Waals surface area contributed by atoms with Gasteiger partial charge in [-0.05, 0) is 25.0 Å². The Morgan fingerprint density at radius 3 is 2.76 bits per heavy atom. The third kappa shape index (κ3) is 2.90. The van der Waals surface area contributed by atoms with Crippen LogP contribution < -0.4 is 5.11 Å². The van der Waals surface area contributed by atoms with Crippen molar-refractivity contribution < 1.29 is 10.0 Å². The molecule has 0 spiro atoms. The van der Waals surface area contributed by atoms with Crippen LogP contribution in [0, 0.1) is 35.3 Å². The fraction of sp³-hybridized carbons (Fsp3) is 0.143. The zero-order chi connectivity index (χ0) is 15.6. The van der Waals surface area contributed by atoms with Crippen molar-refractivity contribution in [1.29, 1.82) is 5.26 Å². The smallest absolute Gasteiger partial charge is 0.270 e. The Morgan fingerprint density at radius 2 is 2.14 bits per heavy atom. The molecule has 1 aromatic carbocycles. The Balaban J connectivity index is 2.43. The summed E-state index contributed by atoms with van der Waals surface area (Å²) >= 11 is 1.34. The molecule has 7 heteroatoms. The number of hydrogen-bond donors (Lipinski definition) is 0. The summed E-state index contributed by atoms with van der Waals surface area (Å²) in [6, 6.07) is 5.53. The van der Waals surface area contributed by atoms with Gasteiger partial charge in [-0.1, -0.05) is 11.8 Å². The van der Waals surface area contributed by atoms with Gasteiger partial charge in [0.05, 0.1) is 10.5 Å². The van der Waals surface area contributed by atoms with E-state index in [1.807, 2.05) is 13.8 Å². The molecule has 6 nitrogen and oxygen atoms in total. The Kier molecular flexibility index (Phi) is 4.00. The lowest BCUT2D eigenvalue weighted by molar-refractivity contribution is -0.385. The molecule has 1 aromatic heterocycles. The molecule has 2 rings (SSSR count). The molecule has 0 unspecified atom stereocenters. The molecule has 106 valence electrons. The first-order chi connectivity index (χ1) is 9.93. The molecule has 0 N–H and O–H groups in total. The van der Waals surface area contributed by atoms with Crippen LogP contribution >= 0.6 is 11.3 Å². The van der Waals surface area contributed by atoms with Gasteiger partial charge in [0.2, 0.25) is 0 Å². The van der Waals surface area contributed by atoms with E-state index in [2.05, 4.69) is 11.1 Å². The fourth-order valence-corrected chi connectivity index (χ4v) is 2.66. The summed E-state index contributed by atoms with van der Waals surface area (Å²) < 4.78 is 0. The standard InChI is InChI=1S/C14H11N3O3S/c1-8-9(2)21-14(12(8)6-15)16-7-10-5-11(17(19)20)3-4-13(10)18/h3-5,7,18H,1-2H3/p-1. The molecule has 0 radical (unpaired) electrons. The number of benzene rings is 1. The number of nitriles is 1. The van der Waals surface area contributed by atoms with Crippen molar-refractivity contribution in [2.45, 2.75) is 13.8 Å². The third-order valence-electron chi connectivity index (χ3n) is 3.00. The first-order valence-corrected chi connectivity index (χ1v) is 6.75. The minimum Gasteiger partial charge on any atom is -0.872 e. The van der Waals surface area contributed by atoms with E-state index in [1.54, 1.807) is 0 Å². The average molecular weight is 300 g/mol. The van der Waals surface area contributed by atoms with Gasteiger partial charge in [0.15, 0.2) is 0 Å². The van der Waals surface area contributed by atoms with Gasteiger partial charge in [0.1, 0.15) is 11.1 Å². The summed E-state index contributed by atoms with van der Waals surface area (Å²) in [5.74, 6) is -0.354. The van der Waals surface area contributed by atoms with Gasteiger partial charge >= 0.3 is 0 Å². The van der Waals surface area contributed by atoms with E-state index in [0.29, 0.717) is 10.6 Å². The Morgan fingerprint density at radius 1 is 1.43 bits per heavy atom. The predicted octanol–water partition coefficient (Wildman–Crippen LogP) is 2.97. The van der Waals surface area contributed by atoms with Crippen molar-refractivity contribution in [1.82, 2.24) is 0 Å². The van der Waals surface area contributed by atoms with Crippen molar-refractivity contribution in [2.75, 3.05) is 0 Å². The second-order valence-corrected chi connectivity index (χ2v) is 5.52. The maximum absolute atomic E-state index is 11.7. The number of nitro benzene ring substituents is 1. The Hall–Kier alpha value is -2.72. The summed E-state index contributed by atoms with van der Waals surface area (Å²) in [7, 11) is 0. The van der Waals surface area contributed by atoms with Crippen LogP contribution in [-0.4, -0.2) is 11.1 Å². The van der Waals surface area contributed by atoms with Crippen molar-refractivity contribution >= 4 is 28.2 Å². The van der Waals surface area contributed by atoms with Crippen molar-refractivity contribution in [3.05, 3.63) is 49.9 Å². The molecule has 21 heavy (non-hydrogen) atoms. The zero-order valence-corrected chi connectivity index (χ0v) is 12.1. The quantitative estimate of drug-likeness (QED) is 0.494. The highest BCUT2D eigenvalue weighted by Gasteiger charge is 2.11. The van der Waals surface area contributed by atoms with Crippen molar-refractivity contribution in [3.8, 4) is 11.8 Å². The average Bonchev–Trinajstić information content (AvgIpc) is 2.72. The first kappa shape index (κ1) is 14.7. The van der Waals surface area contributed by atoms with E-state index >= 15 is 0 Å². The first-order valence-electron chi connectivity index (χ1n) is 5.93. The van der Waals surface area contributed by atoms with Crippen LogP contribution in [0.5, 0.6) is 5.75 Å². The van der Waals surface area contributed by atoms with Crippen LogP contribution in [0.15, 0.2) is 23.2 Å². The molecule has 0 fully saturated rings. The van der Waals surface area contributed by atoms with Gasteiger partial charge in [0, 0.05) is 23.2 Å². The van der Waals surface area contributed by atoms with E-state index in [-0.39, 0.29) is 17.0 Å². The molecule has 0 aliphatic heterocycles. The Labute approximate surface area is 124 Å². The summed E-state index contributed by atoms with van der Waals surface area (Å²) in [5, 5.41) is 32.0.